The van der Waals surface area contributed by atoms with Gasteiger partial charge in [-0.1, -0.05) is 0 Å². The van der Waals surface area contributed by atoms with Gasteiger partial charge in [0.2, 0.25) is 0 Å². The third kappa shape index (κ3) is 4.29. The molecule has 0 amide bonds. The third-order valence-electron chi connectivity index (χ3n) is 2.76. The minimum absolute atomic E-state index is 0.191. The first-order chi connectivity index (χ1) is 9.15. The van der Waals surface area contributed by atoms with Crippen molar-refractivity contribution in [1.82, 2.24) is 9.97 Å². The fourth-order valence-corrected chi connectivity index (χ4v) is 2.42. The largest absolute Gasteiger partial charge is 0.383 e. The molecule has 1 N–H and O–H groups in total. The first-order valence-electron chi connectivity index (χ1n) is 6.08. The van der Waals surface area contributed by atoms with Crippen LogP contribution in [-0.4, -0.2) is 57.0 Å². The van der Waals surface area contributed by atoms with Crippen LogP contribution in [0.2, 0.25) is 0 Å². The van der Waals surface area contributed by atoms with Crippen molar-refractivity contribution in [2.45, 2.75) is 13.0 Å². The maximum absolute atomic E-state index is 5.23. The molecule has 0 aliphatic carbocycles. The summed E-state index contributed by atoms with van der Waals surface area (Å²) in [4.78, 5) is 10.7. The molecule has 0 bridgehead atoms. The second-order valence-corrected chi connectivity index (χ2v) is 4.89. The molecule has 1 aromatic rings. The summed E-state index contributed by atoms with van der Waals surface area (Å²) in [6.07, 6.45) is 1.55. The minimum Gasteiger partial charge on any atom is -0.383 e. The Balaban J connectivity index is 3.02. The average molecular weight is 333 g/mol. The molecule has 0 radical (unpaired) electrons. The lowest BCUT2D eigenvalue weighted by atomic mass is 10.3. The van der Waals surface area contributed by atoms with E-state index >= 15 is 0 Å². The van der Waals surface area contributed by atoms with E-state index < -0.39 is 0 Å². The van der Waals surface area contributed by atoms with E-state index in [-0.39, 0.29) is 6.04 Å². The van der Waals surface area contributed by atoms with E-state index in [0.29, 0.717) is 13.2 Å². The zero-order chi connectivity index (χ0) is 14.3. The summed E-state index contributed by atoms with van der Waals surface area (Å²) in [5.41, 5.74) is 0. The highest BCUT2D eigenvalue weighted by atomic mass is 79.9. The van der Waals surface area contributed by atoms with E-state index in [9.17, 15) is 0 Å². The number of hydrogen-bond donors (Lipinski definition) is 1. The molecule has 0 saturated carbocycles. The van der Waals surface area contributed by atoms with E-state index in [1.54, 1.807) is 20.5 Å². The molecule has 0 aliphatic rings. The van der Waals surface area contributed by atoms with Crippen LogP contribution >= 0.6 is 15.9 Å². The van der Waals surface area contributed by atoms with E-state index in [1.807, 2.05) is 7.05 Å². The van der Waals surface area contributed by atoms with Crippen molar-refractivity contribution >= 4 is 27.6 Å². The van der Waals surface area contributed by atoms with Crippen molar-refractivity contribution in [3.8, 4) is 0 Å². The first-order valence-corrected chi connectivity index (χ1v) is 6.87. The molecule has 19 heavy (non-hydrogen) atoms. The molecule has 108 valence electrons. The number of anilines is 2. The fraction of sp³-hybridized carbons (Fsp3) is 0.667. The van der Waals surface area contributed by atoms with E-state index in [4.69, 9.17) is 9.47 Å². The molecule has 0 spiro atoms. The van der Waals surface area contributed by atoms with Crippen LogP contribution < -0.4 is 10.2 Å². The van der Waals surface area contributed by atoms with Gasteiger partial charge < -0.3 is 19.7 Å². The van der Waals surface area contributed by atoms with Crippen molar-refractivity contribution in [1.29, 1.82) is 0 Å². The highest BCUT2D eigenvalue weighted by Crippen LogP contribution is 2.30. The smallest absolute Gasteiger partial charge is 0.148 e. The summed E-state index contributed by atoms with van der Waals surface area (Å²) in [6.45, 7) is 4.07. The van der Waals surface area contributed by atoms with Gasteiger partial charge in [-0.15, -0.1) is 0 Å². The normalized spacial score (nSPS) is 12.3. The summed E-state index contributed by atoms with van der Waals surface area (Å²) in [6, 6.07) is 0.191. The van der Waals surface area contributed by atoms with Gasteiger partial charge in [0.25, 0.3) is 0 Å². The van der Waals surface area contributed by atoms with Crippen molar-refractivity contribution in [3.05, 3.63) is 10.8 Å². The van der Waals surface area contributed by atoms with Crippen molar-refractivity contribution < 1.29 is 9.47 Å². The van der Waals surface area contributed by atoms with E-state index in [1.165, 1.54) is 0 Å². The summed E-state index contributed by atoms with van der Waals surface area (Å²) in [7, 11) is 5.21. The van der Waals surface area contributed by atoms with Crippen LogP contribution in [-0.2, 0) is 9.47 Å². The van der Waals surface area contributed by atoms with Gasteiger partial charge in [0, 0.05) is 27.8 Å². The van der Waals surface area contributed by atoms with Crippen LogP contribution in [0, 0.1) is 0 Å². The van der Waals surface area contributed by atoms with Crippen LogP contribution in [0.1, 0.15) is 6.92 Å². The molecule has 0 aromatic carbocycles. The van der Waals surface area contributed by atoms with Gasteiger partial charge in [-0.25, -0.2) is 9.97 Å². The first kappa shape index (κ1) is 16.1. The zero-order valence-corrected chi connectivity index (χ0v) is 13.4. The Labute approximate surface area is 122 Å². The third-order valence-corrected chi connectivity index (χ3v) is 3.49. The highest BCUT2D eigenvalue weighted by molar-refractivity contribution is 9.10. The molecule has 0 saturated heterocycles. The Morgan fingerprint density at radius 3 is 2.68 bits per heavy atom. The van der Waals surface area contributed by atoms with Gasteiger partial charge in [0.15, 0.2) is 0 Å². The van der Waals surface area contributed by atoms with E-state index in [0.717, 1.165) is 22.7 Å². The zero-order valence-electron chi connectivity index (χ0n) is 11.8. The summed E-state index contributed by atoms with van der Waals surface area (Å²) in [5.74, 6) is 1.60. The SMILES string of the molecule is CNc1ncnc(N(CCOC)C(C)COC)c1Br. The number of aromatic nitrogens is 2. The van der Waals surface area contributed by atoms with Crippen LogP contribution in [0.4, 0.5) is 11.6 Å². The lowest BCUT2D eigenvalue weighted by Gasteiger charge is -2.30. The van der Waals surface area contributed by atoms with Crippen molar-refractivity contribution in [3.63, 3.8) is 0 Å². The van der Waals surface area contributed by atoms with Crippen LogP contribution in [0.3, 0.4) is 0 Å². The van der Waals surface area contributed by atoms with Crippen LogP contribution in [0.25, 0.3) is 0 Å². The van der Waals surface area contributed by atoms with Gasteiger partial charge in [-0.05, 0) is 22.9 Å². The second-order valence-electron chi connectivity index (χ2n) is 4.10. The maximum Gasteiger partial charge on any atom is 0.148 e. The molecule has 1 atom stereocenters. The van der Waals surface area contributed by atoms with Crippen molar-refractivity contribution in [2.75, 3.05) is 51.2 Å². The molecule has 7 heteroatoms. The maximum atomic E-state index is 5.23. The Bertz CT molecular complexity index is 392. The van der Waals surface area contributed by atoms with Crippen LogP contribution in [0.5, 0.6) is 0 Å². The molecule has 0 aliphatic heterocycles. The number of nitrogens with zero attached hydrogens (tertiary/aromatic N) is 3. The summed E-state index contributed by atoms with van der Waals surface area (Å²) < 4.78 is 11.2. The van der Waals surface area contributed by atoms with Crippen LogP contribution in [0.15, 0.2) is 10.8 Å². The van der Waals surface area contributed by atoms with Gasteiger partial charge in [-0.2, -0.15) is 0 Å². The summed E-state index contributed by atoms with van der Waals surface area (Å²) >= 11 is 3.54. The number of rotatable bonds is 8. The molecule has 6 nitrogen and oxygen atoms in total. The predicted molar refractivity (Wildman–Crippen MR) is 79.8 cm³/mol. The Morgan fingerprint density at radius 1 is 1.37 bits per heavy atom. The second kappa shape index (κ2) is 8.29. The number of methoxy groups -OCH3 is 2. The molecule has 1 unspecified atom stereocenters. The lowest BCUT2D eigenvalue weighted by molar-refractivity contribution is 0.170. The summed E-state index contributed by atoms with van der Waals surface area (Å²) in [5, 5.41) is 3.03. The standard InChI is InChI=1S/C12H21BrN4O2/c1-9(7-19-4)17(5-6-18-3)12-10(13)11(14-2)15-8-16-12/h8-9H,5-7H2,1-4H3,(H,14,15,16). The molecular formula is C12H21BrN4O2. The van der Waals surface area contributed by atoms with Gasteiger partial charge in [0.05, 0.1) is 19.3 Å². The Hall–Kier alpha value is -0.920. The predicted octanol–water partition coefficient (Wildman–Crippen LogP) is 1.77. The molecule has 1 heterocycles. The van der Waals surface area contributed by atoms with Gasteiger partial charge in [0.1, 0.15) is 22.4 Å². The van der Waals surface area contributed by atoms with Gasteiger partial charge >= 0.3 is 0 Å². The minimum atomic E-state index is 0.191. The molecule has 1 aromatic heterocycles. The highest BCUT2D eigenvalue weighted by Gasteiger charge is 2.20. The Kier molecular flexibility index (Phi) is 7.04. The fourth-order valence-electron chi connectivity index (χ4n) is 1.79. The van der Waals surface area contributed by atoms with Crippen molar-refractivity contribution in [2.24, 2.45) is 0 Å². The molecule has 1 rings (SSSR count). The number of nitrogens with one attached hydrogen (secondary N) is 1. The quantitative estimate of drug-likeness (QED) is 0.782. The number of hydrogen-bond acceptors (Lipinski definition) is 6. The molecule has 0 fully saturated rings. The monoisotopic (exact) mass is 332 g/mol. The lowest BCUT2D eigenvalue weighted by Crippen LogP contribution is -2.39. The number of ether oxygens (including phenoxy) is 2. The Morgan fingerprint density at radius 2 is 2.11 bits per heavy atom. The van der Waals surface area contributed by atoms with Gasteiger partial charge in [-0.3, -0.25) is 0 Å². The topological polar surface area (TPSA) is 59.5 Å². The number of halogens is 1. The molecular weight excluding hydrogens is 312 g/mol. The van der Waals surface area contributed by atoms with E-state index in [2.05, 4.69) is 43.0 Å². The average Bonchev–Trinajstić information content (AvgIpc) is 2.41.